The van der Waals surface area contributed by atoms with Gasteiger partial charge in [-0.3, -0.25) is 14.5 Å². The fourth-order valence-electron chi connectivity index (χ4n) is 2.50. The monoisotopic (exact) mass is 263 g/mol. The zero-order valence-electron chi connectivity index (χ0n) is 10.9. The molecular weight excluding hydrogens is 246 g/mol. The van der Waals surface area contributed by atoms with Crippen molar-refractivity contribution in [3.63, 3.8) is 0 Å². The number of carboxylic acid groups (broad SMARTS) is 1. The Morgan fingerprint density at radius 1 is 1.21 bits per heavy atom. The Morgan fingerprint density at radius 2 is 1.74 bits per heavy atom. The van der Waals surface area contributed by atoms with Gasteiger partial charge in [-0.15, -0.1) is 0 Å². The molecule has 1 heterocycles. The Kier molecular flexibility index (Phi) is 3.83. The third-order valence-corrected chi connectivity index (χ3v) is 3.62. The third kappa shape index (κ3) is 2.59. The van der Waals surface area contributed by atoms with Gasteiger partial charge in [0, 0.05) is 23.3 Å². The van der Waals surface area contributed by atoms with Crippen LogP contribution in [0.15, 0.2) is 22.8 Å². The van der Waals surface area contributed by atoms with E-state index >= 15 is 0 Å². The molecule has 0 aromatic rings. The van der Waals surface area contributed by atoms with E-state index in [4.69, 9.17) is 5.11 Å². The van der Waals surface area contributed by atoms with Gasteiger partial charge in [-0.1, -0.05) is 6.08 Å². The first-order valence-electron chi connectivity index (χ1n) is 6.50. The minimum absolute atomic E-state index is 0.180. The highest BCUT2D eigenvalue weighted by Gasteiger charge is 2.38. The van der Waals surface area contributed by atoms with Crippen molar-refractivity contribution in [3.8, 4) is 0 Å². The molecule has 19 heavy (non-hydrogen) atoms. The number of hydrogen-bond donors (Lipinski definition) is 1. The van der Waals surface area contributed by atoms with Gasteiger partial charge in [0.2, 0.25) is 0 Å². The summed E-state index contributed by atoms with van der Waals surface area (Å²) in [5.74, 6) is -1.33. The van der Waals surface area contributed by atoms with Gasteiger partial charge in [0.1, 0.15) is 0 Å². The largest absolute Gasteiger partial charge is 0.478 e. The summed E-state index contributed by atoms with van der Waals surface area (Å²) in [4.78, 5) is 36.0. The zero-order chi connectivity index (χ0) is 14.0. The molecule has 2 rings (SSSR count). The van der Waals surface area contributed by atoms with Gasteiger partial charge in [0.05, 0.1) is 0 Å². The molecule has 0 aromatic heterocycles. The number of hydrogen-bond acceptors (Lipinski definition) is 3. The second-order valence-corrected chi connectivity index (χ2v) is 4.91. The quantitative estimate of drug-likeness (QED) is 0.618. The van der Waals surface area contributed by atoms with Crippen molar-refractivity contribution in [1.82, 2.24) is 4.90 Å². The molecule has 0 unspecified atom stereocenters. The normalized spacial score (nSPS) is 20.1. The molecule has 1 N–H and O–H groups in total. The van der Waals surface area contributed by atoms with Crippen LogP contribution in [0.4, 0.5) is 0 Å². The minimum Gasteiger partial charge on any atom is -0.478 e. The topological polar surface area (TPSA) is 74.7 Å². The van der Waals surface area contributed by atoms with Crippen molar-refractivity contribution in [1.29, 1.82) is 0 Å². The van der Waals surface area contributed by atoms with Gasteiger partial charge in [-0.2, -0.15) is 0 Å². The SMILES string of the molecule is CC(=CCCN1C(=O)C2=C(CCCC2)C1=O)C(=O)O. The Morgan fingerprint density at radius 3 is 2.21 bits per heavy atom. The van der Waals surface area contributed by atoms with Crippen molar-refractivity contribution in [2.45, 2.75) is 39.0 Å². The van der Waals surface area contributed by atoms with E-state index in [1.165, 1.54) is 11.8 Å². The summed E-state index contributed by atoms with van der Waals surface area (Å²) < 4.78 is 0. The first-order chi connectivity index (χ1) is 9.02. The van der Waals surface area contributed by atoms with Crippen molar-refractivity contribution in [2.24, 2.45) is 0 Å². The molecule has 1 aliphatic carbocycles. The molecular formula is C14H17NO4. The number of aliphatic carboxylic acids is 1. The Labute approximate surface area is 111 Å². The highest BCUT2D eigenvalue weighted by atomic mass is 16.4. The number of rotatable bonds is 4. The summed E-state index contributed by atoms with van der Waals surface area (Å²) >= 11 is 0. The standard InChI is InChI=1S/C14H17NO4/c1-9(14(18)19)5-4-8-15-12(16)10-6-2-3-7-11(10)13(15)17/h5H,2-4,6-8H2,1H3,(H,18,19). The molecule has 0 fully saturated rings. The average molecular weight is 263 g/mol. The molecule has 1 aliphatic heterocycles. The fourth-order valence-corrected chi connectivity index (χ4v) is 2.50. The maximum Gasteiger partial charge on any atom is 0.330 e. The van der Waals surface area contributed by atoms with Crippen LogP contribution in [0.5, 0.6) is 0 Å². The van der Waals surface area contributed by atoms with E-state index in [1.54, 1.807) is 6.08 Å². The lowest BCUT2D eigenvalue weighted by atomic mass is 9.93. The van der Waals surface area contributed by atoms with E-state index in [-0.39, 0.29) is 23.9 Å². The number of amides is 2. The predicted molar refractivity (Wildman–Crippen MR) is 68.2 cm³/mol. The Hall–Kier alpha value is -1.91. The summed E-state index contributed by atoms with van der Waals surface area (Å²) in [6.07, 6.45) is 5.24. The van der Waals surface area contributed by atoms with Crippen LogP contribution in [0.2, 0.25) is 0 Å². The van der Waals surface area contributed by atoms with E-state index in [0.29, 0.717) is 30.4 Å². The van der Waals surface area contributed by atoms with Gasteiger partial charge >= 0.3 is 5.97 Å². The summed E-state index contributed by atoms with van der Waals surface area (Å²) in [7, 11) is 0. The Bertz CT molecular complexity index is 474. The summed E-state index contributed by atoms with van der Waals surface area (Å²) in [6.45, 7) is 1.76. The second kappa shape index (κ2) is 5.38. The number of carboxylic acids is 1. The highest BCUT2D eigenvalue weighted by molar-refractivity contribution is 6.19. The van der Waals surface area contributed by atoms with Crippen LogP contribution in [0.3, 0.4) is 0 Å². The van der Waals surface area contributed by atoms with Crippen LogP contribution < -0.4 is 0 Å². The molecule has 0 spiro atoms. The summed E-state index contributed by atoms with van der Waals surface area (Å²) in [5.41, 5.74) is 1.59. The molecule has 2 aliphatic rings. The van der Waals surface area contributed by atoms with Gasteiger partial charge in [0.15, 0.2) is 0 Å². The smallest absolute Gasteiger partial charge is 0.330 e. The van der Waals surface area contributed by atoms with Crippen molar-refractivity contribution >= 4 is 17.8 Å². The molecule has 102 valence electrons. The first kappa shape index (κ1) is 13.5. The van der Waals surface area contributed by atoms with Gasteiger partial charge in [-0.25, -0.2) is 4.79 Å². The Balaban J connectivity index is 2.00. The molecule has 0 saturated heterocycles. The van der Waals surface area contributed by atoms with Crippen LogP contribution in [0.25, 0.3) is 0 Å². The van der Waals surface area contributed by atoms with E-state index in [1.807, 2.05) is 0 Å². The highest BCUT2D eigenvalue weighted by Crippen LogP contribution is 2.32. The van der Waals surface area contributed by atoms with E-state index < -0.39 is 5.97 Å². The zero-order valence-corrected chi connectivity index (χ0v) is 10.9. The maximum absolute atomic E-state index is 12.1. The lowest BCUT2D eigenvalue weighted by molar-refractivity contribution is -0.137. The van der Waals surface area contributed by atoms with Crippen molar-refractivity contribution < 1.29 is 19.5 Å². The molecule has 0 aromatic carbocycles. The third-order valence-electron chi connectivity index (χ3n) is 3.62. The molecule has 0 atom stereocenters. The number of carbonyl (C=O) groups is 3. The van der Waals surface area contributed by atoms with Crippen molar-refractivity contribution in [3.05, 3.63) is 22.8 Å². The number of imide groups is 1. The lowest BCUT2D eigenvalue weighted by Gasteiger charge is -2.13. The van der Waals surface area contributed by atoms with Gasteiger partial charge < -0.3 is 5.11 Å². The van der Waals surface area contributed by atoms with Gasteiger partial charge in [-0.05, 0) is 39.0 Å². The first-order valence-corrected chi connectivity index (χ1v) is 6.50. The molecule has 5 heteroatoms. The molecule has 0 saturated carbocycles. The minimum atomic E-state index is -0.975. The van der Waals surface area contributed by atoms with Crippen LogP contribution >= 0.6 is 0 Å². The molecule has 5 nitrogen and oxygen atoms in total. The molecule has 0 radical (unpaired) electrons. The van der Waals surface area contributed by atoms with E-state index in [0.717, 1.165) is 12.8 Å². The molecule has 0 bridgehead atoms. The van der Waals surface area contributed by atoms with Crippen LogP contribution in [0, 0.1) is 0 Å². The number of carbonyl (C=O) groups excluding carboxylic acids is 2. The second-order valence-electron chi connectivity index (χ2n) is 4.91. The lowest BCUT2D eigenvalue weighted by Crippen LogP contribution is -2.32. The predicted octanol–water partition coefficient (Wildman–Crippen LogP) is 1.65. The summed E-state index contributed by atoms with van der Waals surface area (Å²) in [6, 6.07) is 0. The van der Waals surface area contributed by atoms with Crippen LogP contribution in [0.1, 0.15) is 39.0 Å². The molecule has 2 amide bonds. The fraction of sp³-hybridized carbons (Fsp3) is 0.500. The van der Waals surface area contributed by atoms with Crippen molar-refractivity contribution in [2.75, 3.05) is 6.54 Å². The average Bonchev–Trinajstić information content (AvgIpc) is 2.64. The van der Waals surface area contributed by atoms with Gasteiger partial charge in [0.25, 0.3) is 11.8 Å². The maximum atomic E-state index is 12.1. The summed E-state index contributed by atoms with van der Waals surface area (Å²) in [5, 5.41) is 8.72. The number of nitrogens with zero attached hydrogens (tertiary/aromatic N) is 1. The van der Waals surface area contributed by atoms with E-state index in [2.05, 4.69) is 0 Å². The van der Waals surface area contributed by atoms with E-state index in [9.17, 15) is 14.4 Å². The van der Waals surface area contributed by atoms with Crippen LogP contribution in [-0.2, 0) is 14.4 Å². The van der Waals surface area contributed by atoms with Crippen LogP contribution in [-0.4, -0.2) is 34.3 Å².